The summed E-state index contributed by atoms with van der Waals surface area (Å²) in [6.45, 7) is 4.33. The molecule has 0 fully saturated rings. The molecule has 0 aromatic heterocycles. The maximum atomic E-state index is 12.8. The maximum absolute atomic E-state index is 12.8. The summed E-state index contributed by atoms with van der Waals surface area (Å²) >= 11 is 5.91. The molecular weight excluding hydrogens is 372 g/mol. The molecule has 0 aliphatic carbocycles. The van der Waals surface area contributed by atoms with Crippen LogP contribution < -0.4 is 9.47 Å². The Hall–Kier alpha value is -3.04. The third-order valence-corrected chi connectivity index (χ3v) is 4.89. The lowest BCUT2D eigenvalue weighted by Crippen LogP contribution is -2.00. The Morgan fingerprint density at radius 1 is 1.00 bits per heavy atom. The molecule has 1 aliphatic heterocycles. The molecule has 0 radical (unpaired) electrons. The summed E-state index contributed by atoms with van der Waals surface area (Å²) < 4.78 is 11.7. The van der Waals surface area contributed by atoms with Crippen LogP contribution in [0.15, 0.2) is 66.4 Å². The number of rotatable bonds is 4. The number of aryl methyl sites for hydroxylation is 2. The first-order valence-electron chi connectivity index (χ1n) is 9.02. The number of Topliss-reactive ketones (excluding diaryl/α,β-unsaturated/α-hetero) is 1. The molecule has 0 spiro atoms. The van der Waals surface area contributed by atoms with Gasteiger partial charge in [0.2, 0.25) is 5.78 Å². The van der Waals surface area contributed by atoms with Crippen LogP contribution >= 0.6 is 11.6 Å². The first-order valence-corrected chi connectivity index (χ1v) is 9.40. The number of carbonyl (C=O) groups is 1. The molecule has 0 saturated carbocycles. The molecule has 0 saturated heterocycles. The largest absolute Gasteiger partial charge is 0.489 e. The van der Waals surface area contributed by atoms with Gasteiger partial charge in [-0.1, -0.05) is 53.6 Å². The van der Waals surface area contributed by atoms with Gasteiger partial charge in [0.05, 0.1) is 5.56 Å². The average molecular weight is 391 g/mol. The van der Waals surface area contributed by atoms with Gasteiger partial charge in [0, 0.05) is 11.1 Å². The van der Waals surface area contributed by atoms with Gasteiger partial charge in [0.1, 0.15) is 18.1 Å². The van der Waals surface area contributed by atoms with Crippen molar-refractivity contribution in [3.8, 4) is 11.5 Å². The number of ether oxygens (including phenoxy) is 2. The van der Waals surface area contributed by atoms with Gasteiger partial charge in [-0.2, -0.15) is 0 Å². The van der Waals surface area contributed by atoms with Gasteiger partial charge >= 0.3 is 0 Å². The number of benzene rings is 3. The van der Waals surface area contributed by atoms with Crippen LogP contribution in [-0.4, -0.2) is 5.78 Å². The summed E-state index contributed by atoms with van der Waals surface area (Å²) in [5.41, 5.74) is 4.54. The summed E-state index contributed by atoms with van der Waals surface area (Å²) in [6, 6.07) is 19.1. The Labute approximate surface area is 169 Å². The number of hydrogen-bond acceptors (Lipinski definition) is 3. The fraction of sp³-hybridized carbons (Fsp3) is 0.125. The van der Waals surface area contributed by atoms with Crippen LogP contribution in [0.4, 0.5) is 0 Å². The summed E-state index contributed by atoms with van der Waals surface area (Å²) in [5, 5.41) is 0.692. The number of allylic oxidation sites excluding steroid dienone is 1. The minimum absolute atomic E-state index is 0.0997. The number of fused-ring (bicyclic) bond motifs is 1. The van der Waals surface area contributed by atoms with E-state index in [1.54, 1.807) is 12.1 Å². The van der Waals surface area contributed by atoms with Crippen LogP contribution in [0.2, 0.25) is 5.02 Å². The first-order chi connectivity index (χ1) is 13.5. The van der Waals surface area contributed by atoms with E-state index in [9.17, 15) is 4.79 Å². The molecule has 4 rings (SSSR count). The van der Waals surface area contributed by atoms with Gasteiger partial charge in [0.15, 0.2) is 5.76 Å². The fourth-order valence-corrected chi connectivity index (χ4v) is 3.25. The van der Waals surface area contributed by atoms with Gasteiger partial charge in [0.25, 0.3) is 0 Å². The Bertz CT molecular complexity index is 1060. The Kier molecular flexibility index (Phi) is 4.93. The zero-order chi connectivity index (χ0) is 19.7. The van der Waals surface area contributed by atoms with Crippen LogP contribution in [0.25, 0.3) is 6.08 Å². The van der Waals surface area contributed by atoms with E-state index in [4.69, 9.17) is 21.1 Å². The number of carbonyl (C=O) groups excluding carboxylic acids is 1. The van der Waals surface area contributed by atoms with Crippen molar-refractivity contribution < 1.29 is 14.3 Å². The summed E-state index contributed by atoms with van der Waals surface area (Å²) in [5.74, 6) is 1.43. The van der Waals surface area contributed by atoms with E-state index in [0.717, 1.165) is 16.7 Å². The van der Waals surface area contributed by atoms with E-state index >= 15 is 0 Å². The zero-order valence-electron chi connectivity index (χ0n) is 15.7. The Morgan fingerprint density at radius 2 is 1.71 bits per heavy atom. The summed E-state index contributed by atoms with van der Waals surface area (Å²) in [6.07, 6.45) is 1.77. The minimum Gasteiger partial charge on any atom is -0.489 e. The Balaban J connectivity index is 1.55. The third kappa shape index (κ3) is 3.80. The van der Waals surface area contributed by atoms with Gasteiger partial charge in [-0.05, 0) is 54.8 Å². The van der Waals surface area contributed by atoms with Gasteiger partial charge in [-0.15, -0.1) is 0 Å². The molecule has 4 heteroatoms. The van der Waals surface area contributed by atoms with Gasteiger partial charge in [-0.3, -0.25) is 4.79 Å². The molecule has 1 aliphatic rings. The Morgan fingerprint density at radius 3 is 2.43 bits per heavy atom. The standard InChI is InChI=1S/C24H19ClO3/c1-15-3-5-17(6-4-15)12-22-24(26)23-16(2)11-20(13-21(23)28-22)27-14-18-7-9-19(25)10-8-18/h3-13H,14H2,1-2H3/b22-12-. The quantitative estimate of drug-likeness (QED) is 0.501. The molecule has 140 valence electrons. The second kappa shape index (κ2) is 7.53. The zero-order valence-corrected chi connectivity index (χ0v) is 16.4. The van der Waals surface area contributed by atoms with E-state index in [1.165, 1.54) is 5.56 Å². The van der Waals surface area contributed by atoms with Crippen molar-refractivity contribution in [2.75, 3.05) is 0 Å². The number of ketones is 1. The highest BCUT2D eigenvalue weighted by Gasteiger charge is 2.30. The summed E-state index contributed by atoms with van der Waals surface area (Å²) in [7, 11) is 0. The number of hydrogen-bond donors (Lipinski definition) is 0. The van der Waals surface area contributed by atoms with Crippen LogP contribution in [0.3, 0.4) is 0 Å². The third-order valence-electron chi connectivity index (χ3n) is 4.64. The average Bonchev–Trinajstić information content (AvgIpc) is 2.99. The maximum Gasteiger partial charge on any atom is 0.232 e. The molecule has 3 nitrogen and oxygen atoms in total. The van der Waals surface area contributed by atoms with Crippen molar-refractivity contribution in [1.82, 2.24) is 0 Å². The van der Waals surface area contributed by atoms with E-state index < -0.39 is 0 Å². The predicted molar refractivity (Wildman–Crippen MR) is 111 cm³/mol. The number of halogens is 1. The molecule has 0 amide bonds. The van der Waals surface area contributed by atoms with E-state index in [-0.39, 0.29) is 5.78 Å². The molecule has 0 bridgehead atoms. The van der Waals surface area contributed by atoms with Crippen molar-refractivity contribution in [2.45, 2.75) is 20.5 Å². The van der Waals surface area contributed by atoms with Crippen LogP contribution in [-0.2, 0) is 6.61 Å². The van der Waals surface area contributed by atoms with Crippen molar-refractivity contribution in [1.29, 1.82) is 0 Å². The highest BCUT2D eigenvalue weighted by molar-refractivity contribution is 6.30. The highest BCUT2D eigenvalue weighted by Crippen LogP contribution is 2.37. The molecule has 3 aromatic rings. The molecule has 28 heavy (non-hydrogen) atoms. The van der Waals surface area contributed by atoms with Crippen molar-refractivity contribution >= 4 is 23.5 Å². The molecule has 0 atom stereocenters. The lowest BCUT2D eigenvalue weighted by atomic mass is 10.0. The van der Waals surface area contributed by atoms with E-state index in [0.29, 0.717) is 34.5 Å². The minimum atomic E-state index is -0.0997. The lowest BCUT2D eigenvalue weighted by Gasteiger charge is -2.09. The summed E-state index contributed by atoms with van der Waals surface area (Å²) in [4.78, 5) is 12.8. The second-order valence-electron chi connectivity index (χ2n) is 6.88. The molecule has 1 heterocycles. The van der Waals surface area contributed by atoms with Crippen molar-refractivity contribution in [2.24, 2.45) is 0 Å². The normalized spacial score (nSPS) is 14.1. The fourth-order valence-electron chi connectivity index (χ4n) is 3.12. The molecule has 0 N–H and O–H groups in total. The molecular formula is C24H19ClO3. The van der Waals surface area contributed by atoms with Crippen molar-refractivity contribution in [3.63, 3.8) is 0 Å². The lowest BCUT2D eigenvalue weighted by molar-refractivity contribution is 0.101. The molecule has 0 unspecified atom stereocenters. The highest BCUT2D eigenvalue weighted by atomic mass is 35.5. The smallest absolute Gasteiger partial charge is 0.232 e. The van der Waals surface area contributed by atoms with Gasteiger partial charge in [-0.25, -0.2) is 0 Å². The molecule has 3 aromatic carbocycles. The van der Waals surface area contributed by atoms with Crippen molar-refractivity contribution in [3.05, 3.63) is 99.3 Å². The predicted octanol–water partition coefficient (Wildman–Crippen LogP) is 6.15. The SMILES string of the molecule is Cc1ccc(/C=C2\Oc3cc(OCc4ccc(Cl)cc4)cc(C)c3C2=O)cc1. The van der Waals surface area contributed by atoms with Gasteiger partial charge < -0.3 is 9.47 Å². The van der Waals surface area contributed by atoms with E-state index in [2.05, 4.69) is 0 Å². The van der Waals surface area contributed by atoms with Crippen LogP contribution in [0.1, 0.15) is 32.6 Å². The first kappa shape index (κ1) is 18.3. The monoisotopic (exact) mass is 390 g/mol. The van der Waals surface area contributed by atoms with Crippen LogP contribution in [0, 0.1) is 13.8 Å². The second-order valence-corrected chi connectivity index (χ2v) is 7.32. The topological polar surface area (TPSA) is 35.5 Å². The van der Waals surface area contributed by atoms with Crippen LogP contribution in [0.5, 0.6) is 11.5 Å². The van der Waals surface area contributed by atoms with E-state index in [1.807, 2.05) is 68.4 Å².